The van der Waals surface area contributed by atoms with Crippen molar-refractivity contribution in [2.75, 3.05) is 26.2 Å². The number of amides is 1. The number of carbonyl (C=O) groups excluding carboxylic acids is 1. The highest BCUT2D eigenvalue weighted by Gasteiger charge is 2.25. The van der Waals surface area contributed by atoms with Gasteiger partial charge in [-0.3, -0.25) is 9.69 Å². The predicted octanol–water partition coefficient (Wildman–Crippen LogP) is 2.53. The topological polar surface area (TPSA) is 49.6 Å². The zero-order valence-corrected chi connectivity index (χ0v) is 13.7. The molecule has 2 heterocycles. The molecule has 1 aliphatic heterocycles. The maximum atomic E-state index is 13.8. The molecule has 3 rings (SSSR count). The van der Waals surface area contributed by atoms with Gasteiger partial charge in [-0.05, 0) is 26.0 Å². The molecule has 0 unspecified atom stereocenters. The summed E-state index contributed by atoms with van der Waals surface area (Å²) in [6.07, 6.45) is 0. The van der Waals surface area contributed by atoms with Crippen LogP contribution in [-0.4, -0.2) is 47.0 Å². The lowest BCUT2D eigenvalue weighted by Gasteiger charge is -2.34. The molecule has 1 aromatic carbocycles. The van der Waals surface area contributed by atoms with Crippen molar-refractivity contribution in [3.8, 4) is 0 Å². The minimum absolute atomic E-state index is 0.0874. The minimum atomic E-state index is -0.821. The Morgan fingerprint density at radius 2 is 1.92 bits per heavy atom. The summed E-state index contributed by atoms with van der Waals surface area (Å²) in [4.78, 5) is 16.2. The molecule has 2 aromatic rings. The van der Waals surface area contributed by atoms with E-state index in [0.29, 0.717) is 32.7 Å². The van der Waals surface area contributed by atoms with Crippen LogP contribution in [0.25, 0.3) is 0 Å². The SMILES string of the molecule is Cc1noc(C)c1CN1CCN(C(=O)c2ccc(F)cc2F)CC1. The summed E-state index contributed by atoms with van der Waals surface area (Å²) in [7, 11) is 0. The van der Waals surface area contributed by atoms with Gasteiger partial charge in [-0.1, -0.05) is 5.16 Å². The summed E-state index contributed by atoms with van der Waals surface area (Å²) >= 11 is 0. The van der Waals surface area contributed by atoms with Crippen LogP contribution in [0.3, 0.4) is 0 Å². The molecular formula is C17H19F2N3O2. The van der Waals surface area contributed by atoms with E-state index in [0.717, 1.165) is 29.2 Å². The fraction of sp³-hybridized carbons (Fsp3) is 0.412. The molecule has 1 saturated heterocycles. The minimum Gasteiger partial charge on any atom is -0.361 e. The molecule has 0 atom stereocenters. The first-order valence-corrected chi connectivity index (χ1v) is 7.84. The average Bonchev–Trinajstić information content (AvgIpc) is 2.87. The number of piperazine rings is 1. The number of rotatable bonds is 3. The van der Waals surface area contributed by atoms with Gasteiger partial charge in [-0.2, -0.15) is 0 Å². The van der Waals surface area contributed by atoms with Crippen molar-refractivity contribution in [2.45, 2.75) is 20.4 Å². The highest BCUT2D eigenvalue weighted by atomic mass is 19.1. The number of benzene rings is 1. The third kappa shape index (κ3) is 3.31. The highest BCUT2D eigenvalue weighted by Crippen LogP contribution is 2.18. The Morgan fingerprint density at radius 1 is 1.21 bits per heavy atom. The van der Waals surface area contributed by atoms with Crippen molar-refractivity contribution in [1.29, 1.82) is 0 Å². The van der Waals surface area contributed by atoms with Crippen LogP contribution < -0.4 is 0 Å². The molecule has 0 aliphatic carbocycles. The van der Waals surface area contributed by atoms with Gasteiger partial charge in [0.25, 0.3) is 5.91 Å². The number of nitrogens with zero attached hydrogens (tertiary/aromatic N) is 3. The van der Waals surface area contributed by atoms with Gasteiger partial charge in [0.05, 0.1) is 11.3 Å². The summed E-state index contributed by atoms with van der Waals surface area (Å²) in [5.41, 5.74) is 1.86. The number of hydrogen-bond donors (Lipinski definition) is 0. The first-order chi connectivity index (χ1) is 11.5. The van der Waals surface area contributed by atoms with E-state index in [1.165, 1.54) is 6.07 Å². The molecule has 0 saturated carbocycles. The van der Waals surface area contributed by atoms with Gasteiger partial charge in [-0.25, -0.2) is 8.78 Å². The van der Waals surface area contributed by atoms with E-state index in [9.17, 15) is 13.6 Å². The zero-order valence-electron chi connectivity index (χ0n) is 13.7. The lowest BCUT2D eigenvalue weighted by Crippen LogP contribution is -2.48. The number of carbonyl (C=O) groups is 1. The zero-order chi connectivity index (χ0) is 17.3. The highest BCUT2D eigenvalue weighted by molar-refractivity contribution is 5.94. The fourth-order valence-corrected chi connectivity index (χ4v) is 2.89. The number of aromatic nitrogens is 1. The van der Waals surface area contributed by atoms with Crippen molar-refractivity contribution in [2.24, 2.45) is 0 Å². The maximum Gasteiger partial charge on any atom is 0.256 e. The first kappa shape index (κ1) is 16.6. The molecule has 0 radical (unpaired) electrons. The monoisotopic (exact) mass is 335 g/mol. The van der Waals surface area contributed by atoms with E-state index >= 15 is 0 Å². The Hall–Kier alpha value is -2.28. The maximum absolute atomic E-state index is 13.8. The van der Waals surface area contributed by atoms with Crippen LogP contribution in [0.1, 0.15) is 27.4 Å². The van der Waals surface area contributed by atoms with Crippen molar-refractivity contribution in [3.63, 3.8) is 0 Å². The standard InChI is InChI=1S/C17H19F2N3O2/c1-11-15(12(2)24-20-11)10-21-5-7-22(8-6-21)17(23)14-4-3-13(18)9-16(14)19/h3-4,9H,5-8,10H2,1-2H3. The van der Waals surface area contributed by atoms with Crippen molar-refractivity contribution in [3.05, 3.63) is 52.4 Å². The van der Waals surface area contributed by atoms with E-state index < -0.39 is 17.5 Å². The molecule has 1 aliphatic rings. The van der Waals surface area contributed by atoms with E-state index in [2.05, 4.69) is 10.1 Å². The lowest BCUT2D eigenvalue weighted by molar-refractivity contribution is 0.0623. The van der Waals surface area contributed by atoms with Gasteiger partial charge in [-0.15, -0.1) is 0 Å². The largest absolute Gasteiger partial charge is 0.361 e. The Morgan fingerprint density at radius 3 is 2.50 bits per heavy atom. The molecule has 0 spiro atoms. The molecule has 5 nitrogen and oxygen atoms in total. The van der Waals surface area contributed by atoms with Gasteiger partial charge in [0, 0.05) is 44.4 Å². The summed E-state index contributed by atoms with van der Waals surface area (Å²) in [5.74, 6) is -1.10. The fourth-order valence-electron chi connectivity index (χ4n) is 2.89. The third-order valence-corrected chi connectivity index (χ3v) is 4.38. The van der Waals surface area contributed by atoms with E-state index in [1.807, 2.05) is 13.8 Å². The van der Waals surface area contributed by atoms with E-state index in [4.69, 9.17) is 4.52 Å². The van der Waals surface area contributed by atoms with Crippen LogP contribution in [0.2, 0.25) is 0 Å². The second-order valence-corrected chi connectivity index (χ2v) is 6.00. The second kappa shape index (κ2) is 6.68. The summed E-state index contributed by atoms with van der Waals surface area (Å²) < 4.78 is 31.9. The third-order valence-electron chi connectivity index (χ3n) is 4.38. The molecule has 1 aromatic heterocycles. The average molecular weight is 335 g/mol. The Labute approximate surface area is 138 Å². The van der Waals surface area contributed by atoms with Crippen LogP contribution in [0.15, 0.2) is 22.7 Å². The van der Waals surface area contributed by atoms with Crippen LogP contribution in [0.5, 0.6) is 0 Å². The Balaban J connectivity index is 1.61. The molecular weight excluding hydrogens is 316 g/mol. The van der Waals surface area contributed by atoms with Gasteiger partial charge in [0.15, 0.2) is 0 Å². The number of hydrogen-bond acceptors (Lipinski definition) is 4. The van der Waals surface area contributed by atoms with Gasteiger partial charge in [0.1, 0.15) is 17.4 Å². The second-order valence-electron chi connectivity index (χ2n) is 6.00. The summed E-state index contributed by atoms with van der Waals surface area (Å²) in [6, 6.07) is 3.04. The summed E-state index contributed by atoms with van der Waals surface area (Å²) in [5, 5.41) is 3.94. The van der Waals surface area contributed by atoms with Crippen LogP contribution in [-0.2, 0) is 6.54 Å². The normalized spacial score (nSPS) is 15.8. The molecule has 1 fully saturated rings. The molecule has 128 valence electrons. The molecule has 1 amide bonds. The molecule has 7 heteroatoms. The van der Waals surface area contributed by atoms with Gasteiger partial charge >= 0.3 is 0 Å². The van der Waals surface area contributed by atoms with E-state index in [1.54, 1.807) is 4.90 Å². The van der Waals surface area contributed by atoms with Crippen LogP contribution in [0, 0.1) is 25.5 Å². The lowest BCUT2D eigenvalue weighted by atomic mass is 10.1. The number of aryl methyl sites for hydroxylation is 2. The molecule has 0 N–H and O–H groups in total. The van der Waals surface area contributed by atoms with Gasteiger partial charge < -0.3 is 9.42 Å². The van der Waals surface area contributed by atoms with Crippen LogP contribution in [0.4, 0.5) is 8.78 Å². The first-order valence-electron chi connectivity index (χ1n) is 7.84. The van der Waals surface area contributed by atoms with Crippen molar-refractivity contribution < 1.29 is 18.1 Å². The Bertz CT molecular complexity index is 733. The predicted molar refractivity (Wildman–Crippen MR) is 83.5 cm³/mol. The van der Waals surface area contributed by atoms with Gasteiger partial charge in [0.2, 0.25) is 0 Å². The van der Waals surface area contributed by atoms with Crippen LogP contribution >= 0.6 is 0 Å². The van der Waals surface area contributed by atoms with Crippen molar-refractivity contribution in [1.82, 2.24) is 15.0 Å². The van der Waals surface area contributed by atoms with Crippen molar-refractivity contribution >= 4 is 5.91 Å². The summed E-state index contributed by atoms with van der Waals surface area (Å²) in [6.45, 7) is 6.86. The Kier molecular flexibility index (Phi) is 4.62. The molecule has 24 heavy (non-hydrogen) atoms. The molecule has 0 bridgehead atoms. The quantitative estimate of drug-likeness (QED) is 0.865. The number of halogens is 2. The van der Waals surface area contributed by atoms with E-state index in [-0.39, 0.29) is 5.56 Å². The smallest absolute Gasteiger partial charge is 0.256 e.